The molecule has 2 N–H and O–H groups in total. The maximum Gasteiger partial charge on any atom is 0.0638 e. The third-order valence-corrected chi connectivity index (χ3v) is 3.71. The highest BCUT2D eigenvalue weighted by Crippen LogP contribution is 2.22. The summed E-state index contributed by atoms with van der Waals surface area (Å²) in [4.78, 5) is 3.25. The van der Waals surface area contributed by atoms with E-state index >= 15 is 0 Å². The van der Waals surface area contributed by atoms with Gasteiger partial charge in [-0.3, -0.25) is 4.68 Å². The maximum atomic E-state index is 5.99. The molecular weight excluding hydrogens is 272 g/mol. The molecule has 20 heavy (non-hydrogen) atoms. The van der Waals surface area contributed by atoms with E-state index in [0.717, 1.165) is 29.3 Å². The molecule has 0 saturated heterocycles. The molecule has 0 amide bonds. The molecular formula is C15H17ClN4. The smallest absolute Gasteiger partial charge is 0.0638 e. The molecule has 2 heterocycles. The predicted octanol–water partition coefficient (Wildman–Crippen LogP) is 3.15. The van der Waals surface area contributed by atoms with Crippen molar-refractivity contribution in [1.82, 2.24) is 20.1 Å². The van der Waals surface area contributed by atoms with Crippen LogP contribution in [-0.2, 0) is 20.1 Å². The van der Waals surface area contributed by atoms with Gasteiger partial charge in [-0.1, -0.05) is 17.7 Å². The molecule has 0 atom stereocenters. The largest absolute Gasteiger partial charge is 0.361 e. The van der Waals surface area contributed by atoms with E-state index in [2.05, 4.69) is 27.7 Å². The molecule has 0 saturated carbocycles. The lowest BCUT2D eigenvalue weighted by atomic mass is 10.1. The quantitative estimate of drug-likeness (QED) is 0.775. The topological polar surface area (TPSA) is 45.6 Å². The summed E-state index contributed by atoms with van der Waals surface area (Å²) in [6, 6.07) is 5.93. The summed E-state index contributed by atoms with van der Waals surface area (Å²) in [7, 11) is 1.94. The van der Waals surface area contributed by atoms with Crippen LogP contribution in [0.2, 0.25) is 5.02 Å². The first-order valence-corrected chi connectivity index (χ1v) is 6.96. The molecule has 0 radical (unpaired) electrons. The van der Waals surface area contributed by atoms with E-state index in [0.29, 0.717) is 0 Å². The molecule has 2 aromatic heterocycles. The number of hydrogen-bond donors (Lipinski definition) is 2. The SMILES string of the molecule is Cc1nn(C)cc1CNCc1c[nH]c2cc(Cl)ccc12. The summed E-state index contributed by atoms with van der Waals surface area (Å²) in [5, 5.41) is 9.77. The fourth-order valence-corrected chi connectivity index (χ4v) is 2.63. The van der Waals surface area contributed by atoms with Crippen LogP contribution in [0.3, 0.4) is 0 Å². The Labute approximate surface area is 122 Å². The Kier molecular flexibility index (Phi) is 3.51. The zero-order chi connectivity index (χ0) is 14.1. The van der Waals surface area contributed by atoms with Crippen LogP contribution in [0.25, 0.3) is 10.9 Å². The number of fused-ring (bicyclic) bond motifs is 1. The monoisotopic (exact) mass is 288 g/mol. The van der Waals surface area contributed by atoms with Crippen LogP contribution in [0.5, 0.6) is 0 Å². The minimum absolute atomic E-state index is 0.754. The molecule has 4 nitrogen and oxygen atoms in total. The molecule has 0 fully saturated rings. The first kappa shape index (κ1) is 13.2. The number of aromatic nitrogens is 3. The second-order valence-corrected chi connectivity index (χ2v) is 5.46. The van der Waals surface area contributed by atoms with Crippen LogP contribution in [0.4, 0.5) is 0 Å². The van der Waals surface area contributed by atoms with Gasteiger partial charge in [0.05, 0.1) is 5.69 Å². The van der Waals surface area contributed by atoms with Crippen LogP contribution in [0.15, 0.2) is 30.6 Å². The van der Waals surface area contributed by atoms with Crippen LogP contribution >= 0.6 is 11.6 Å². The van der Waals surface area contributed by atoms with Crippen molar-refractivity contribution in [2.75, 3.05) is 0 Å². The van der Waals surface area contributed by atoms with Gasteiger partial charge in [-0.15, -0.1) is 0 Å². The Morgan fingerprint density at radius 3 is 2.85 bits per heavy atom. The molecule has 3 aromatic rings. The lowest BCUT2D eigenvalue weighted by Crippen LogP contribution is -2.12. The van der Waals surface area contributed by atoms with Gasteiger partial charge < -0.3 is 10.3 Å². The van der Waals surface area contributed by atoms with E-state index in [1.165, 1.54) is 16.5 Å². The highest BCUT2D eigenvalue weighted by molar-refractivity contribution is 6.31. The van der Waals surface area contributed by atoms with Gasteiger partial charge in [-0.2, -0.15) is 5.10 Å². The average molecular weight is 289 g/mol. The Morgan fingerprint density at radius 1 is 1.30 bits per heavy atom. The zero-order valence-electron chi connectivity index (χ0n) is 11.6. The third-order valence-electron chi connectivity index (χ3n) is 3.48. The van der Waals surface area contributed by atoms with E-state index in [1.54, 1.807) is 0 Å². The van der Waals surface area contributed by atoms with E-state index in [9.17, 15) is 0 Å². The molecule has 0 unspecified atom stereocenters. The van der Waals surface area contributed by atoms with Gasteiger partial charge >= 0.3 is 0 Å². The van der Waals surface area contributed by atoms with Gasteiger partial charge in [0.15, 0.2) is 0 Å². The number of aromatic amines is 1. The summed E-state index contributed by atoms with van der Waals surface area (Å²) < 4.78 is 1.85. The number of aryl methyl sites for hydroxylation is 2. The number of H-pyrrole nitrogens is 1. The number of benzene rings is 1. The number of rotatable bonds is 4. The van der Waals surface area contributed by atoms with Crippen molar-refractivity contribution in [2.45, 2.75) is 20.0 Å². The van der Waals surface area contributed by atoms with E-state index < -0.39 is 0 Å². The average Bonchev–Trinajstić information content (AvgIpc) is 2.93. The van der Waals surface area contributed by atoms with E-state index in [-0.39, 0.29) is 0 Å². The highest BCUT2D eigenvalue weighted by atomic mass is 35.5. The minimum atomic E-state index is 0.754. The van der Waals surface area contributed by atoms with Crippen LogP contribution in [0, 0.1) is 6.92 Å². The molecule has 1 aromatic carbocycles. The normalized spacial score (nSPS) is 11.3. The lowest BCUT2D eigenvalue weighted by molar-refractivity contribution is 0.693. The Bertz CT molecular complexity index is 741. The molecule has 5 heteroatoms. The first-order chi connectivity index (χ1) is 9.63. The van der Waals surface area contributed by atoms with E-state index in [4.69, 9.17) is 11.6 Å². The molecule has 3 rings (SSSR count). The summed E-state index contributed by atoms with van der Waals surface area (Å²) in [6.07, 6.45) is 4.08. The maximum absolute atomic E-state index is 5.99. The van der Waals surface area contributed by atoms with Gasteiger partial charge in [-0.25, -0.2) is 0 Å². The van der Waals surface area contributed by atoms with Crippen molar-refractivity contribution in [3.05, 3.63) is 52.4 Å². The Hall–Kier alpha value is -1.78. The van der Waals surface area contributed by atoms with Gasteiger partial charge in [0, 0.05) is 54.0 Å². The minimum Gasteiger partial charge on any atom is -0.361 e. The van der Waals surface area contributed by atoms with Gasteiger partial charge in [-0.05, 0) is 24.6 Å². The van der Waals surface area contributed by atoms with Crippen LogP contribution < -0.4 is 5.32 Å². The van der Waals surface area contributed by atoms with Gasteiger partial charge in [0.25, 0.3) is 0 Å². The van der Waals surface area contributed by atoms with E-state index in [1.807, 2.05) is 37.0 Å². The predicted molar refractivity (Wildman–Crippen MR) is 81.8 cm³/mol. The third kappa shape index (κ3) is 2.57. The highest BCUT2D eigenvalue weighted by Gasteiger charge is 2.05. The number of nitrogens with one attached hydrogen (secondary N) is 2. The zero-order valence-corrected chi connectivity index (χ0v) is 12.3. The summed E-state index contributed by atoms with van der Waals surface area (Å²) in [5.41, 5.74) is 4.63. The van der Waals surface area contributed by atoms with Crippen molar-refractivity contribution in [3.63, 3.8) is 0 Å². The molecule has 0 aliphatic carbocycles. The Balaban J connectivity index is 1.70. The molecule has 0 bridgehead atoms. The summed E-state index contributed by atoms with van der Waals surface area (Å²) >= 11 is 5.99. The first-order valence-electron chi connectivity index (χ1n) is 6.59. The fraction of sp³-hybridized carbons (Fsp3) is 0.267. The molecule has 104 valence electrons. The van der Waals surface area contributed by atoms with Crippen molar-refractivity contribution in [3.8, 4) is 0 Å². The standard InChI is InChI=1S/C15H17ClN4/c1-10-12(9-20(2)19-10)7-17-6-11-8-18-15-5-13(16)3-4-14(11)15/h3-5,8-9,17-18H,6-7H2,1-2H3. The summed E-state index contributed by atoms with van der Waals surface area (Å²) in [5.74, 6) is 0. The van der Waals surface area contributed by atoms with Crippen LogP contribution in [0.1, 0.15) is 16.8 Å². The summed E-state index contributed by atoms with van der Waals surface area (Å²) in [6.45, 7) is 3.67. The van der Waals surface area contributed by atoms with Crippen molar-refractivity contribution in [2.24, 2.45) is 7.05 Å². The lowest BCUT2D eigenvalue weighted by Gasteiger charge is -2.03. The molecule has 0 spiro atoms. The molecule has 0 aliphatic rings. The Morgan fingerprint density at radius 2 is 2.10 bits per heavy atom. The molecule has 0 aliphatic heterocycles. The fourth-order valence-electron chi connectivity index (χ4n) is 2.46. The number of nitrogens with zero attached hydrogens (tertiary/aromatic N) is 2. The second-order valence-electron chi connectivity index (χ2n) is 5.02. The van der Waals surface area contributed by atoms with Crippen molar-refractivity contribution in [1.29, 1.82) is 0 Å². The van der Waals surface area contributed by atoms with Crippen molar-refractivity contribution < 1.29 is 0 Å². The number of hydrogen-bond acceptors (Lipinski definition) is 2. The number of halogens is 1. The second kappa shape index (κ2) is 5.31. The van der Waals surface area contributed by atoms with Gasteiger partial charge in [0.2, 0.25) is 0 Å². The van der Waals surface area contributed by atoms with Crippen LogP contribution in [-0.4, -0.2) is 14.8 Å². The van der Waals surface area contributed by atoms with Gasteiger partial charge in [0.1, 0.15) is 0 Å². The van der Waals surface area contributed by atoms with Crippen molar-refractivity contribution >= 4 is 22.5 Å².